The van der Waals surface area contributed by atoms with Gasteiger partial charge in [-0.05, 0) is 28.8 Å². The average molecular weight is 285 g/mol. The van der Waals surface area contributed by atoms with Crippen LogP contribution in [-0.4, -0.2) is 22.1 Å². The summed E-state index contributed by atoms with van der Waals surface area (Å²) < 4.78 is 0.892. The molecule has 1 aromatic rings. The van der Waals surface area contributed by atoms with Crippen LogP contribution in [0, 0.1) is 0 Å². The fourth-order valence-electron chi connectivity index (χ4n) is 2.22. The summed E-state index contributed by atoms with van der Waals surface area (Å²) in [5.41, 5.74) is 5.89. The molecule has 4 nitrogen and oxygen atoms in total. The molecule has 2 rings (SSSR count). The molecule has 5 heteroatoms. The predicted octanol–water partition coefficient (Wildman–Crippen LogP) is 2.31. The minimum absolute atomic E-state index is 0.00603. The van der Waals surface area contributed by atoms with E-state index < -0.39 is 0 Å². The van der Waals surface area contributed by atoms with Gasteiger partial charge in [0.15, 0.2) is 0 Å². The second-order valence-corrected chi connectivity index (χ2v) is 5.31. The number of hydrogen-bond donors (Lipinski definition) is 2. The first-order valence-corrected chi connectivity index (χ1v) is 6.49. The fourth-order valence-corrected chi connectivity index (χ4v) is 2.43. The molecule has 0 radical (unpaired) electrons. The Hall–Kier alpha value is -0.680. The molecule has 0 unspecified atom stereocenters. The van der Waals surface area contributed by atoms with Crippen LogP contribution in [0.25, 0.3) is 0 Å². The number of nitrogens with one attached hydrogen (secondary N) is 1. The molecule has 0 aromatic carbocycles. The van der Waals surface area contributed by atoms with Crippen molar-refractivity contribution in [3.63, 3.8) is 0 Å². The third-order valence-corrected chi connectivity index (χ3v) is 3.61. The zero-order valence-electron chi connectivity index (χ0n) is 9.25. The van der Waals surface area contributed by atoms with Crippen LogP contribution in [0.5, 0.6) is 0 Å². The van der Waals surface area contributed by atoms with Crippen molar-refractivity contribution in [2.45, 2.75) is 37.6 Å². The van der Waals surface area contributed by atoms with Crippen molar-refractivity contribution in [2.75, 3.05) is 11.9 Å². The Balaban J connectivity index is 2.08. The number of halogens is 1. The second kappa shape index (κ2) is 5.10. The van der Waals surface area contributed by atoms with Crippen LogP contribution in [0.4, 0.5) is 5.95 Å². The molecule has 0 aliphatic heterocycles. The van der Waals surface area contributed by atoms with Crippen LogP contribution < -0.4 is 11.1 Å². The van der Waals surface area contributed by atoms with Gasteiger partial charge in [-0.15, -0.1) is 0 Å². The van der Waals surface area contributed by atoms with Gasteiger partial charge in [0.05, 0.1) is 10.0 Å². The summed E-state index contributed by atoms with van der Waals surface area (Å²) in [5.74, 6) is 0.676. The lowest BCUT2D eigenvalue weighted by atomic mass is 9.82. The number of hydrogen-bond acceptors (Lipinski definition) is 4. The molecule has 3 N–H and O–H groups in total. The Bertz CT molecular complexity index is 332. The number of nitrogens with two attached hydrogens (primary N) is 1. The maximum atomic E-state index is 5.89. The zero-order valence-corrected chi connectivity index (χ0v) is 10.8. The largest absolute Gasteiger partial charge is 0.348 e. The first-order chi connectivity index (χ1) is 7.74. The molecule has 1 heterocycles. The lowest BCUT2D eigenvalue weighted by Gasteiger charge is -2.37. The SMILES string of the molecule is NCC1(Nc2ncc(Br)cn2)CCCCC1. The number of aromatic nitrogens is 2. The highest BCUT2D eigenvalue weighted by Crippen LogP contribution is 2.29. The Labute approximate surface area is 104 Å². The highest BCUT2D eigenvalue weighted by Gasteiger charge is 2.30. The van der Waals surface area contributed by atoms with Crippen LogP contribution in [-0.2, 0) is 0 Å². The number of anilines is 1. The second-order valence-electron chi connectivity index (χ2n) is 4.40. The third-order valence-electron chi connectivity index (χ3n) is 3.20. The molecule has 0 atom stereocenters. The molecule has 0 amide bonds. The van der Waals surface area contributed by atoms with E-state index in [4.69, 9.17) is 5.73 Å². The minimum Gasteiger partial charge on any atom is -0.348 e. The molecule has 16 heavy (non-hydrogen) atoms. The van der Waals surface area contributed by atoms with Gasteiger partial charge in [0, 0.05) is 18.9 Å². The van der Waals surface area contributed by atoms with Gasteiger partial charge < -0.3 is 11.1 Å². The molecule has 1 fully saturated rings. The fraction of sp³-hybridized carbons (Fsp3) is 0.636. The van der Waals surface area contributed by atoms with Gasteiger partial charge in [-0.2, -0.15) is 0 Å². The van der Waals surface area contributed by atoms with Crippen molar-refractivity contribution < 1.29 is 0 Å². The normalized spacial score (nSPS) is 19.4. The maximum Gasteiger partial charge on any atom is 0.223 e. The van der Waals surface area contributed by atoms with Gasteiger partial charge in [0.2, 0.25) is 5.95 Å². The molecule has 1 aromatic heterocycles. The molecule has 0 bridgehead atoms. The van der Waals surface area contributed by atoms with Crippen LogP contribution >= 0.6 is 15.9 Å². The van der Waals surface area contributed by atoms with Gasteiger partial charge in [-0.1, -0.05) is 19.3 Å². The van der Waals surface area contributed by atoms with Gasteiger partial charge >= 0.3 is 0 Å². The van der Waals surface area contributed by atoms with Crippen molar-refractivity contribution in [3.05, 3.63) is 16.9 Å². The van der Waals surface area contributed by atoms with Gasteiger partial charge in [-0.25, -0.2) is 9.97 Å². The molecule has 88 valence electrons. The van der Waals surface area contributed by atoms with Crippen molar-refractivity contribution in [3.8, 4) is 0 Å². The van der Waals surface area contributed by atoms with Crippen molar-refractivity contribution in [1.82, 2.24) is 9.97 Å². The molecule has 1 aliphatic rings. The predicted molar refractivity (Wildman–Crippen MR) is 68.2 cm³/mol. The van der Waals surface area contributed by atoms with Gasteiger partial charge in [-0.3, -0.25) is 0 Å². The van der Waals surface area contributed by atoms with E-state index in [1.165, 1.54) is 19.3 Å². The van der Waals surface area contributed by atoms with Crippen LogP contribution in [0.1, 0.15) is 32.1 Å². The van der Waals surface area contributed by atoms with Gasteiger partial charge in [0.1, 0.15) is 0 Å². The summed E-state index contributed by atoms with van der Waals surface area (Å²) in [6.45, 7) is 0.645. The van der Waals surface area contributed by atoms with Crippen LogP contribution in [0.2, 0.25) is 0 Å². The lowest BCUT2D eigenvalue weighted by molar-refractivity contribution is 0.329. The first-order valence-electron chi connectivity index (χ1n) is 5.70. The molecule has 0 saturated heterocycles. The summed E-state index contributed by atoms with van der Waals surface area (Å²) in [4.78, 5) is 8.48. The van der Waals surface area contributed by atoms with E-state index in [1.807, 2.05) is 0 Å². The molecule has 1 aliphatic carbocycles. The molecular weight excluding hydrogens is 268 g/mol. The Kier molecular flexibility index (Phi) is 3.76. The molecule has 1 saturated carbocycles. The number of nitrogens with zero attached hydrogens (tertiary/aromatic N) is 2. The Morgan fingerprint density at radius 3 is 2.44 bits per heavy atom. The summed E-state index contributed by atoms with van der Waals surface area (Å²) in [7, 11) is 0. The van der Waals surface area contributed by atoms with E-state index in [0.29, 0.717) is 12.5 Å². The topological polar surface area (TPSA) is 63.8 Å². The highest BCUT2D eigenvalue weighted by atomic mass is 79.9. The number of rotatable bonds is 3. The maximum absolute atomic E-state index is 5.89. The summed E-state index contributed by atoms with van der Waals surface area (Å²) in [6.07, 6.45) is 9.52. The monoisotopic (exact) mass is 284 g/mol. The van der Waals surface area contributed by atoms with Crippen molar-refractivity contribution in [2.24, 2.45) is 5.73 Å². The lowest BCUT2D eigenvalue weighted by Crippen LogP contribution is -2.47. The van der Waals surface area contributed by atoms with E-state index in [1.54, 1.807) is 12.4 Å². The highest BCUT2D eigenvalue weighted by molar-refractivity contribution is 9.10. The summed E-state index contributed by atoms with van der Waals surface area (Å²) >= 11 is 3.32. The van der Waals surface area contributed by atoms with Gasteiger partial charge in [0.25, 0.3) is 0 Å². The molecule has 0 spiro atoms. The van der Waals surface area contributed by atoms with E-state index >= 15 is 0 Å². The van der Waals surface area contributed by atoms with Crippen molar-refractivity contribution >= 4 is 21.9 Å². The quantitative estimate of drug-likeness (QED) is 0.894. The van der Waals surface area contributed by atoms with E-state index in [2.05, 4.69) is 31.2 Å². The van der Waals surface area contributed by atoms with Crippen molar-refractivity contribution in [1.29, 1.82) is 0 Å². The van der Waals surface area contributed by atoms with E-state index in [-0.39, 0.29) is 5.54 Å². The van der Waals surface area contributed by atoms with Crippen LogP contribution in [0.3, 0.4) is 0 Å². The Morgan fingerprint density at radius 2 is 1.88 bits per heavy atom. The summed E-state index contributed by atoms with van der Waals surface area (Å²) in [5, 5.41) is 3.40. The van der Waals surface area contributed by atoms with E-state index in [9.17, 15) is 0 Å². The van der Waals surface area contributed by atoms with E-state index in [0.717, 1.165) is 17.3 Å². The summed E-state index contributed by atoms with van der Waals surface area (Å²) in [6, 6.07) is 0. The zero-order chi connectivity index (χ0) is 11.4. The first kappa shape index (κ1) is 11.8. The Morgan fingerprint density at radius 1 is 1.25 bits per heavy atom. The standard InChI is InChI=1S/C11H17BrN4/c12-9-6-14-10(15-7-9)16-11(8-13)4-2-1-3-5-11/h6-7H,1-5,8,13H2,(H,14,15,16). The smallest absolute Gasteiger partial charge is 0.223 e. The molecular formula is C11H17BrN4. The average Bonchev–Trinajstić information content (AvgIpc) is 2.33. The minimum atomic E-state index is 0.00603. The van der Waals surface area contributed by atoms with Crippen LogP contribution in [0.15, 0.2) is 16.9 Å². The third kappa shape index (κ3) is 2.71.